The van der Waals surface area contributed by atoms with Crippen molar-refractivity contribution < 1.29 is 9.21 Å². The lowest BCUT2D eigenvalue weighted by molar-refractivity contribution is -0.140. The number of amides is 1. The standard InChI is InChI=1S/C19H27N5O2/c1-4-14-22-16-17(20-12-21-18(16)26-14)23-9-5-7-19(10-23)8-6-15(25)24(11-19)13(2)3/h12-13H,4-11H2,1-3H3. The highest BCUT2D eigenvalue weighted by molar-refractivity contribution is 5.82. The third-order valence-corrected chi connectivity index (χ3v) is 5.80. The number of oxazole rings is 1. The zero-order valence-corrected chi connectivity index (χ0v) is 15.9. The fraction of sp³-hybridized carbons (Fsp3) is 0.684. The number of aromatic nitrogens is 3. The van der Waals surface area contributed by atoms with E-state index in [4.69, 9.17) is 4.42 Å². The average Bonchev–Trinajstić information content (AvgIpc) is 3.07. The maximum Gasteiger partial charge on any atom is 0.252 e. The van der Waals surface area contributed by atoms with Gasteiger partial charge >= 0.3 is 0 Å². The lowest BCUT2D eigenvalue weighted by atomic mass is 9.73. The Hall–Kier alpha value is -2.18. The molecule has 0 radical (unpaired) electrons. The minimum Gasteiger partial charge on any atom is -0.422 e. The number of hydrogen-bond acceptors (Lipinski definition) is 6. The van der Waals surface area contributed by atoms with Crippen LogP contribution in [0, 0.1) is 5.41 Å². The maximum absolute atomic E-state index is 12.3. The van der Waals surface area contributed by atoms with Gasteiger partial charge in [-0.15, -0.1) is 0 Å². The van der Waals surface area contributed by atoms with Gasteiger partial charge in [0.15, 0.2) is 17.2 Å². The van der Waals surface area contributed by atoms with Gasteiger partial charge in [-0.25, -0.2) is 9.97 Å². The molecule has 4 rings (SSSR count). The molecule has 7 heteroatoms. The number of hydrogen-bond donors (Lipinski definition) is 0. The largest absolute Gasteiger partial charge is 0.422 e. The van der Waals surface area contributed by atoms with E-state index in [1.807, 2.05) is 11.8 Å². The normalized spacial score (nSPS) is 24.2. The number of carbonyl (C=O) groups is 1. The molecule has 1 spiro atoms. The molecule has 140 valence electrons. The number of likely N-dealkylation sites (tertiary alicyclic amines) is 1. The number of rotatable bonds is 3. The van der Waals surface area contributed by atoms with Crippen LogP contribution in [0.25, 0.3) is 11.2 Å². The van der Waals surface area contributed by atoms with Crippen molar-refractivity contribution in [1.82, 2.24) is 19.9 Å². The van der Waals surface area contributed by atoms with E-state index >= 15 is 0 Å². The maximum atomic E-state index is 12.3. The molecule has 7 nitrogen and oxygen atoms in total. The van der Waals surface area contributed by atoms with Crippen LogP contribution < -0.4 is 4.90 Å². The van der Waals surface area contributed by atoms with Crippen molar-refractivity contribution in [3.8, 4) is 0 Å². The van der Waals surface area contributed by atoms with Gasteiger partial charge in [-0.2, -0.15) is 4.98 Å². The van der Waals surface area contributed by atoms with Crippen LogP contribution in [0.5, 0.6) is 0 Å². The third kappa shape index (κ3) is 2.93. The van der Waals surface area contributed by atoms with Gasteiger partial charge in [-0.3, -0.25) is 4.79 Å². The second-order valence-corrected chi connectivity index (χ2v) is 7.95. The minimum absolute atomic E-state index is 0.144. The summed E-state index contributed by atoms with van der Waals surface area (Å²) in [6.45, 7) is 8.93. The summed E-state index contributed by atoms with van der Waals surface area (Å²) < 4.78 is 5.71. The highest BCUT2D eigenvalue weighted by Crippen LogP contribution is 2.41. The summed E-state index contributed by atoms with van der Waals surface area (Å²) in [5.74, 6) is 1.85. The van der Waals surface area contributed by atoms with Crippen LogP contribution in [0.3, 0.4) is 0 Å². The lowest BCUT2D eigenvalue weighted by Crippen LogP contribution is -2.55. The van der Waals surface area contributed by atoms with E-state index in [0.29, 0.717) is 18.0 Å². The smallest absolute Gasteiger partial charge is 0.252 e. The Kier molecular flexibility index (Phi) is 4.32. The SMILES string of the molecule is CCc1nc2c(N3CCCC4(CCC(=O)N(C(C)C)C4)C3)ncnc2o1. The Balaban J connectivity index is 1.63. The molecule has 0 aliphatic carbocycles. The zero-order chi connectivity index (χ0) is 18.3. The Morgan fingerprint density at radius 3 is 2.88 bits per heavy atom. The highest BCUT2D eigenvalue weighted by Gasteiger charge is 2.43. The molecule has 1 amide bonds. The van der Waals surface area contributed by atoms with Gasteiger partial charge < -0.3 is 14.2 Å². The second-order valence-electron chi connectivity index (χ2n) is 7.95. The molecule has 0 N–H and O–H groups in total. The van der Waals surface area contributed by atoms with Crippen molar-refractivity contribution in [2.45, 2.75) is 58.9 Å². The van der Waals surface area contributed by atoms with E-state index in [0.717, 1.165) is 56.7 Å². The number of anilines is 1. The fourth-order valence-corrected chi connectivity index (χ4v) is 4.40. The first-order valence-corrected chi connectivity index (χ1v) is 9.66. The molecular weight excluding hydrogens is 330 g/mol. The Morgan fingerprint density at radius 1 is 1.27 bits per heavy atom. The van der Waals surface area contributed by atoms with Gasteiger partial charge in [-0.1, -0.05) is 6.92 Å². The monoisotopic (exact) mass is 357 g/mol. The van der Waals surface area contributed by atoms with E-state index in [1.165, 1.54) is 0 Å². The van der Waals surface area contributed by atoms with Gasteiger partial charge in [0.05, 0.1) is 0 Å². The molecule has 2 saturated heterocycles. The minimum atomic E-state index is 0.144. The van der Waals surface area contributed by atoms with Gasteiger partial charge in [0.25, 0.3) is 5.71 Å². The topological polar surface area (TPSA) is 75.4 Å². The number of fused-ring (bicyclic) bond motifs is 1. The van der Waals surface area contributed by atoms with Crippen LogP contribution in [0.1, 0.15) is 52.3 Å². The van der Waals surface area contributed by atoms with Crippen LogP contribution >= 0.6 is 0 Å². The first-order chi connectivity index (χ1) is 12.5. The summed E-state index contributed by atoms with van der Waals surface area (Å²) in [7, 11) is 0. The molecule has 2 aliphatic rings. The van der Waals surface area contributed by atoms with Crippen LogP contribution in [0.15, 0.2) is 10.7 Å². The van der Waals surface area contributed by atoms with Gasteiger partial charge in [0.1, 0.15) is 6.33 Å². The predicted molar refractivity (Wildman–Crippen MR) is 98.9 cm³/mol. The van der Waals surface area contributed by atoms with Crippen molar-refractivity contribution >= 4 is 23.0 Å². The van der Waals surface area contributed by atoms with Gasteiger partial charge in [0.2, 0.25) is 5.91 Å². The first kappa shape index (κ1) is 17.2. The van der Waals surface area contributed by atoms with E-state index in [-0.39, 0.29) is 17.4 Å². The lowest BCUT2D eigenvalue weighted by Gasteiger charge is -2.49. The van der Waals surface area contributed by atoms with Crippen molar-refractivity contribution in [2.75, 3.05) is 24.5 Å². The second kappa shape index (κ2) is 6.52. The summed E-state index contributed by atoms with van der Waals surface area (Å²) in [5.41, 5.74) is 1.47. The first-order valence-electron chi connectivity index (χ1n) is 9.66. The number of piperidine rings is 2. The summed E-state index contributed by atoms with van der Waals surface area (Å²) in [6, 6.07) is 0.253. The van der Waals surface area contributed by atoms with E-state index in [1.54, 1.807) is 6.33 Å². The van der Waals surface area contributed by atoms with Crippen LogP contribution in [0.2, 0.25) is 0 Å². The van der Waals surface area contributed by atoms with E-state index < -0.39 is 0 Å². The van der Waals surface area contributed by atoms with E-state index in [9.17, 15) is 4.79 Å². The summed E-state index contributed by atoms with van der Waals surface area (Å²) in [4.78, 5) is 30.0. The molecule has 0 saturated carbocycles. The van der Waals surface area contributed by atoms with Crippen molar-refractivity contribution in [3.63, 3.8) is 0 Å². The summed E-state index contributed by atoms with van der Waals surface area (Å²) in [6.07, 6.45) is 6.17. The summed E-state index contributed by atoms with van der Waals surface area (Å²) >= 11 is 0. The van der Waals surface area contributed by atoms with Crippen LogP contribution in [-0.2, 0) is 11.2 Å². The molecular formula is C19H27N5O2. The molecule has 0 aromatic carbocycles. The number of aryl methyl sites for hydroxylation is 1. The fourth-order valence-electron chi connectivity index (χ4n) is 4.40. The zero-order valence-electron chi connectivity index (χ0n) is 15.9. The summed E-state index contributed by atoms with van der Waals surface area (Å²) in [5, 5.41) is 0. The molecule has 1 atom stereocenters. The molecule has 4 heterocycles. The third-order valence-electron chi connectivity index (χ3n) is 5.80. The highest BCUT2D eigenvalue weighted by atomic mass is 16.4. The molecule has 1 unspecified atom stereocenters. The Morgan fingerprint density at radius 2 is 2.12 bits per heavy atom. The molecule has 2 aliphatic heterocycles. The van der Waals surface area contributed by atoms with Gasteiger partial charge in [-0.05, 0) is 33.1 Å². The number of carbonyl (C=O) groups excluding carboxylic acids is 1. The van der Waals surface area contributed by atoms with Crippen LogP contribution in [-0.4, -0.2) is 51.4 Å². The molecule has 2 fully saturated rings. The quantitative estimate of drug-likeness (QED) is 0.841. The number of nitrogens with zero attached hydrogens (tertiary/aromatic N) is 5. The van der Waals surface area contributed by atoms with Crippen molar-refractivity contribution in [1.29, 1.82) is 0 Å². The molecule has 0 bridgehead atoms. The van der Waals surface area contributed by atoms with Crippen LogP contribution in [0.4, 0.5) is 5.82 Å². The van der Waals surface area contributed by atoms with Crippen molar-refractivity contribution in [3.05, 3.63) is 12.2 Å². The Bertz CT molecular complexity index is 817. The Labute approximate surface area is 153 Å². The molecule has 26 heavy (non-hydrogen) atoms. The molecule has 2 aromatic heterocycles. The molecule has 2 aromatic rings. The van der Waals surface area contributed by atoms with E-state index in [2.05, 4.69) is 33.7 Å². The average molecular weight is 357 g/mol. The van der Waals surface area contributed by atoms with Gasteiger partial charge in [0, 0.05) is 43.9 Å². The van der Waals surface area contributed by atoms with Crippen molar-refractivity contribution in [2.24, 2.45) is 5.41 Å². The predicted octanol–water partition coefficient (Wildman–Crippen LogP) is 2.80.